The molecule has 0 radical (unpaired) electrons. The molecule has 7 heteroatoms. The highest BCUT2D eigenvalue weighted by atomic mass is 32.2. The molecular formula is C14H14N2O4S. The quantitative estimate of drug-likeness (QED) is 0.878. The number of rotatable bonds is 6. The predicted octanol–water partition coefficient (Wildman–Crippen LogP) is 1.75. The van der Waals surface area contributed by atoms with Crippen LogP contribution in [0.15, 0.2) is 59.8 Å². The molecule has 110 valence electrons. The number of sulfonamides is 1. The summed E-state index contributed by atoms with van der Waals surface area (Å²) in [7, 11) is -3.84. The maximum Gasteiger partial charge on any atom is 0.305 e. The molecule has 1 N–H and O–H groups in total. The summed E-state index contributed by atoms with van der Waals surface area (Å²) in [5.74, 6) is -1.06. The van der Waals surface area contributed by atoms with Crippen LogP contribution in [0.25, 0.3) is 0 Å². The minimum Gasteiger partial charge on any atom is -0.481 e. The first kappa shape index (κ1) is 15.0. The molecule has 0 aliphatic heterocycles. The van der Waals surface area contributed by atoms with Gasteiger partial charge in [-0.15, -0.1) is 0 Å². The molecule has 2 rings (SSSR count). The Hall–Kier alpha value is -2.41. The summed E-state index contributed by atoms with van der Waals surface area (Å²) in [6, 6.07) is 11.3. The maximum absolute atomic E-state index is 12.6. The second-order valence-electron chi connectivity index (χ2n) is 4.25. The van der Waals surface area contributed by atoms with Crippen LogP contribution in [0.2, 0.25) is 0 Å². The summed E-state index contributed by atoms with van der Waals surface area (Å²) in [5.41, 5.74) is 0.419. The van der Waals surface area contributed by atoms with E-state index in [0.717, 1.165) is 4.31 Å². The molecule has 6 nitrogen and oxygen atoms in total. The SMILES string of the molecule is O=C(O)CCN(c1ccccc1)S(=O)(=O)c1cccnc1. The Morgan fingerprint density at radius 3 is 2.43 bits per heavy atom. The number of benzene rings is 1. The molecule has 0 spiro atoms. The summed E-state index contributed by atoms with van der Waals surface area (Å²) in [4.78, 5) is 14.6. The third-order valence-electron chi connectivity index (χ3n) is 2.80. The summed E-state index contributed by atoms with van der Waals surface area (Å²) in [6.45, 7) is -0.142. The Balaban J connectivity index is 2.42. The summed E-state index contributed by atoms with van der Waals surface area (Å²) < 4.78 is 26.4. The van der Waals surface area contributed by atoms with Crippen molar-refractivity contribution in [3.05, 3.63) is 54.9 Å². The average molecular weight is 306 g/mol. The van der Waals surface area contributed by atoms with Crippen LogP contribution in [-0.2, 0) is 14.8 Å². The fourth-order valence-corrected chi connectivity index (χ4v) is 3.24. The molecule has 2 aromatic rings. The lowest BCUT2D eigenvalue weighted by Gasteiger charge is -2.23. The van der Waals surface area contributed by atoms with Gasteiger partial charge in [-0.1, -0.05) is 18.2 Å². The van der Waals surface area contributed by atoms with Crippen molar-refractivity contribution < 1.29 is 18.3 Å². The van der Waals surface area contributed by atoms with Gasteiger partial charge in [0.25, 0.3) is 10.0 Å². The van der Waals surface area contributed by atoms with Crippen molar-refractivity contribution in [3.8, 4) is 0 Å². The van der Waals surface area contributed by atoms with Gasteiger partial charge in [0.05, 0.1) is 12.1 Å². The van der Waals surface area contributed by atoms with Crippen molar-refractivity contribution in [2.75, 3.05) is 10.8 Å². The van der Waals surface area contributed by atoms with Crippen LogP contribution in [0.4, 0.5) is 5.69 Å². The Morgan fingerprint density at radius 1 is 1.14 bits per heavy atom. The Kier molecular flexibility index (Phi) is 4.54. The van der Waals surface area contributed by atoms with E-state index in [4.69, 9.17) is 5.11 Å². The molecule has 0 fully saturated rings. The minimum absolute atomic E-state index is 0.0271. The predicted molar refractivity (Wildman–Crippen MR) is 77.5 cm³/mol. The van der Waals surface area contributed by atoms with Gasteiger partial charge in [0.1, 0.15) is 4.90 Å². The molecule has 1 aromatic heterocycles. The lowest BCUT2D eigenvalue weighted by atomic mass is 10.3. The van der Waals surface area contributed by atoms with Gasteiger partial charge in [0.15, 0.2) is 0 Å². The highest BCUT2D eigenvalue weighted by molar-refractivity contribution is 7.92. The highest BCUT2D eigenvalue weighted by Gasteiger charge is 2.25. The first-order chi connectivity index (χ1) is 10.0. The lowest BCUT2D eigenvalue weighted by Crippen LogP contribution is -2.33. The fourth-order valence-electron chi connectivity index (χ4n) is 1.81. The van der Waals surface area contributed by atoms with Gasteiger partial charge in [-0.2, -0.15) is 0 Å². The fraction of sp³-hybridized carbons (Fsp3) is 0.143. The van der Waals surface area contributed by atoms with Gasteiger partial charge in [-0.05, 0) is 24.3 Å². The number of carbonyl (C=O) groups is 1. The van der Waals surface area contributed by atoms with Crippen molar-refractivity contribution in [2.45, 2.75) is 11.3 Å². The number of hydrogen-bond acceptors (Lipinski definition) is 4. The smallest absolute Gasteiger partial charge is 0.305 e. The molecule has 0 amide bonds. The van der Waals surface area contributed by atoms with E-state index < -0.39 is 16.0 Å². The number of pyridine rings is 1. The van der Waals surface area contributed by atoms with E-state index in [0.29, 0.717) is 5.69 Å². The zero-order valence-electron chi connectivity index (χ0n) is 11.1. The normalized spacial score (nSPS) is 11.0. The second kappa shape index (κ2) is 6.36. The molecule has 0 aliphatic rings. The molecule has 0 aliphatic carbocycles. The molecular weight excluding hydrogens is 292 g/mol. The summed E-state index contributed by atoms with van der Waals surface area (Å²) in [6.07, 6.45) is 2.43. The third-order valence-corrected chi connectivity index (χ3v) is 4.61. The van der Waals surface area contributed by atoms with Gasteiger partial charge in [-0.25, -0.2) is 8.42 Å². The number of nitrogens with zero attached hydrogens (tertiary/aromatic N) is 2. The zero-order chi connectivity index (χ0) is 15.3. The van der Waals surface area contributed by atoms with Crippen LogP contribution in [0, 0.1) is 0 Å². The van der Waals surface area contributed by atoms with Crippen molar-refractivity contribution >= 4 is 21.7 Å². The van der Waals surface area contributed by atoms with E-state index in [1.165, 1.54) is 24.5 Å². The number of carboxylic acids is 1. The van der Waals surface area contributed by atoms with Gasteiger partial charge < -0.3 is 5.11 Å². The Labute approximate surface area is 122 Å². The van der Waals surface area contributed by atoms with E-state index in [-0.39, 0.29) is 17.9 Å². The molecule has 21 heavy (non-hydrogen) atoms. The van der Waals surface area contributed by atoms with Crippen LogP contribution in [0.5, 0.6) is 0 Å². The molecule has 0 bridgehead atoms. The van der Waals surface area contributed by atoms with E-state index in [1.54, 1.807) is 30.3 Å². The van der Waals surface area contributed by atoms with Gasteiger partial charge in [-0.3, -0.25) is 14.1 Å². The number of aliphatic carboxylic acids is 1. The number of carboxylic acid groups (broad SMARTS) is 1. The number of para-hydroxylation sites is 1. The maximum atomic E-state index is 12.6. The van der Waals surface area contributed by atoms with E-state index in [2.05, 4.69) is 4.98 Å². The van der Waals surface area contributed by atoms with Crippen molar-refractivity contribution in [3.63, 3.8) is 0 Å². The molecule has 0 saturated carbocycles. The number of hydrogen-bond donors (Lipinski definition) is 1. The van der Waals surface area contributed by atoms with Crippen molar-refractivity contribution in [1.29, 1.82) is 0 Å². The van der Waals surface area contributed by atoms with Crippen molar-refractivity contribution in [1.82, 2.24) is 4.98 Å². The first-order valence-corrected chi connectivity index (χ1v) is 7.65. The van der Waals surface area contributed by atoms with Crippen LogP contribution < -0.4 is 4.31 Å². The average Bonchev–Trinajstić information content (AvgIpc) is 2.49. The molecule has 0 unspecified atom stereocenters. The van der Waals surface area contributed by atoms with Crippen LogP contribution in [0.3, 0.4) is 0 Å². The van der Waals surface area contributed by atoms with Crippen LogP contribution >= 0.6 is 0 Å². The number of aromatic nitrogens is 1. The lowest BCUT2D eigenvalue weighted by molar-refractivity contribution is -0.136. The Morgan fingerprint density at radius 2 is 1.86 bits per heavy atom. The van der Waals surface area contributed by atoms with E-state index in [1.807, 2.05) is 0 Å². The minimum atomic E-state index is -3.84. The van der Waals surface area contributed by atoms with Gasteiger partial charge in [0, 0.05) is 18.9 Å². The number of anilines is 1. The van der Waals surface area contributed by atoms with Gasteiger partial charge in [0.2, 0.25) is 0 Å². The molecule has 1 aromatic carbocycles. The summed E-state index contributed by atoms with van der Waals surface area (Å²) >= 11 is 0. The third kappa shape index (κ3) is 3.57. The van der Waals surface area contributed by atoms with Gasteiger partial charge >= 0.3 is 5.97 Å². The molecule has 0 atom stereocenters. The van der Waals surface area contributed by atoms with Crippen LogP contribution in [-0.4, -0.2) is 31.0 Å². The van der Waals surface area contributed by atoms with Crippen LogP contribution in [0.1, 0.15) is 6.42 Å². The topological polar surface area (TPSA) is 87.6 Å². The molecule has 1 heterocycles. The van der Waals surface area contributed by atoms with E-state index in [9.17, 15) is 13.2 Å². The Bertz CT molecular complexity index is 702. The first-order valence-electron chi connectivity index (χ1n) is 6.21. The monoisotopic (exact) mass is 306 g/mol. The largest absolute Gasteiger partial charge is 0.481 e. The standard InChI is InChI=1S/C14H14N2O4S/c17-14(18)8-10-16(12-5-2-1-3-6-12)21(19,20)13-7-4-9-15-11-13/h1-7,9,11H,8,10H2,(H,17,18). The highest BCUT2D eigenvalue weighted by Crippen LogP contribution is 2.23. The molecule has 0 saturated heterocycles. The van der Waals surface area contributed by atoms with Crippen molar-refractivity contribution in [2.24, 2.45) is 0 Å². The second-order valence-corrected chi connectivity index (χ2v) is 6.11. The summed E-state index contributed by atoms with van der Waals surface area (Å²) in [5, 5.41) is 8.81. The zero-order valence-corrected chi connectivity index (χ0v) is 11.9. The van der Waals surface area contributed by atoms with E-state index >= 15 is 0 Å².